The lowest BCUT2D eigenvalue weighted by Crippen LogP contribution is -2.30. The first kappa shape index (κ1) is 17.0. The predicted molar refractivity (Wildman–Crippen MR) is 101 cm³/mol. The normalized spacial score (nSPS) is 21.8. The molecule has 1 aromatic heterocycles. The lowest BCUT2D eigenvalue weighted by molar-refractivity contribution is 0.264. The molecule has 128 valence electrons. The molecular weight excluding hydrogens is 294 g/mol. The van der Waals surface area contributed by atoms with Crippen LogP contribution in [-0.2, 0) is 17.3 Å². The van der Waals surface area contributed by atoms with Gasteiger partial charge in [0, 0.05) is 6.07 Å². The zero-order valence-electron chi connectivity index (χ0n) is 16.0. The van der Waals surface area contributed by atoms with Crippen molar-refractivity contribution < 1.29 is 4.52 Å². The topological polar surface area (TPSA) is 26.0 Å². The first-order valence-electron chi connectivity index (χ1n) is 8.96. The molecule has 0 bridgehead atoms. The van der Waals surface area contributed by atoms with E-state index in [9.17, 15) is 0 Å². The standard InChI is InChI=1S/C22H29NO/c1-8-16-12-19-20(22(6,7)15(3)21(19,4)5)13-18(16)14(2)11-17-9-10-23-24-17/h9-13,15H,8H2,1-7H3/b14-11+. The molecule has 1 aliphatic rings. The zero-order valence-corrected chi connectivity index (χ0v) is 16.0. The second-order valence-corrected chi connectivity index (χ2v) is 8.32. The van der Waals surface area contributed by atoms with Gasteiger partial charge in [-0.15, -0.1) is 0 Å². The first-order chi connectivity index (χ1) is 11.2. The summed E-state index contributed by atoms with van der Waals surface area (Å²) >= 11 is 0. The summed E-state index contributed by atoms with van der Waals surface area (Å²) in [5.41, 5.74) is 7.41. The van der Waals surface area contributed by atoms with Crippen LogP contribution in [0.5, 0.6) is 0 Å². The van der Waals surface area contributed by atoms with E-state index in [-0.39, 0.29) is 10.8 Å². The highest BCUT2D eigenvalue weighted by Crippen LogP contribution is 2.54. The molecule has 24 heavy (non-hydrogen) atoms. The molecule has 0 spiro atoms. The molecule has 0 saturated heterocycles. The van der Waals surface area contributed by atoms with E-state index in [4.69, 9.17) is 4.52 Å². The van der Waals surface area contributed by atoms with Gasteiger partial charge < -0.3 is 4.52 Å². The molecule has 0 amide bonds. The van der Waals surface area contributed by atoms with Gasteiger partial charge in [-0.05, 0) is 64.0 Å². The van der Waals surface area contributed by atoms with Crippen LogP contribution < -0.4 is 0 Å². The van der Waals surface area contributed by atoms with Crippen molar-refractivity contribution in [2.45, 2.75) is 65.7 Å². The van der Waals surface area contributed by atoms with Crippen LogP contribution in [0.25, 0.3) is 11.6 Å². The van der Waals surface area contributed by atoms with Gasteiger partial charge in [0.2, 0.25) is 0 Å². The molecule has 0 saturated carbocycles. The molecule has 1 aliphatic carbocycles. The number of aryl methyl sites for hydroxylation is 1. The number of benzene rings is 1. The van der Waals surface area contributed by atoms with Crippen LogP contribution >= 0.6 is 0 Å². The SMILES string of the molecule is CCc1cc2c(cc1/C(C)=C/c1ccno1)C(C)(C)C(C)C2(C)C. The van der Waals surface area contributed by atoms with E-state index in [0.29, 0.717) is 5.92 Å². The minimum atomic E-state index is 0.187. The van der Waals surface area contributed by atoms with Crippen molar-refractivity contribution >= 4 is 11.6 Å². The molecule has 1 heterocycles. The highest BCUT2D eigenvalue weighted by molar-refractivity contribution is 5.81. The van der Waals surface area contributed by atoms with Gasteiger partial charge in [-0.25, -0.2) is 0 Å². The number of fused-ring (bicyclic) bond motifs is 1. The van der Waals surface area contributed by atoms with Gasteiger partial charge >= 0.3 is 0 Å². The third-order valence-corrected chi connectivity index (χ3v) is 6.42. The molecule has 2 heteroatoms. The molecule has 2 aromatic rings. The van der Waals surface area contributed by atoms with Crippen LogP contribution in [0.1, 0.15) is 76.5 Å². The van der Waals surface area contributed by atoms with Gasteiger partial charge in [-0.2, -0.15) is 0 Å². The fraction of sp³-hybridized carbons (Fsp3) is 0.500. The van der Waals surface area contributed by atoms with E-state index in [1.165, 1.54) is 27.8 Å². The van der Waals surface area contributed by atoms with E-state index in [1.807, 2.05) is 6.07 Å². The maximum absolute atomic E-state index is 5.26. The summed E-state index contributed by atoms with van der Waals surface area (Å²) in [7, 11) is 0. The molecule has 1 atom stereocenters. The van der Waals surface area contributed by atoms with E-state index < -0.39 is 0 Å². The number of rotatable bonds is 3. The molecule has 0 fully saturated rings. The third-order valence-electron chi connectivity index (χ3n) is 6.42. The van der Waals surface area contributed by atoms with Crippen molar-refractivity contribution in [2.24, 2.45) is 5.92 Å². The van der Waals surface area contributed by atoms with Crippen molar-refractivity contribution in [3.8, 4) is 0 Å². The number of aromatic nitrogens is 1. The molecule has 1 aromatic carbocycles. The monoisotopic (exact) mass is 323 g/mol. The third kappa shape index (κ3) is 2.44. The number of nitrogens with zero attached hydrogens (tertiary/aromatic N) is 1. The Labute approximate surface area is 146 Å². The van der Waals surface area contributed by atoms with Crippen LogP contribution in [0.15, 0.2) is 28.9 Å². The Bertz CT molecular complexity index is 779. The van der Waals surface area contributed by atoms with Crippen molar-refractivity contribution in [1.29, 1.82) is 0 Å². The summed E-state index contributed by atoms with van der Waals surface area (Å²) in [5.74, 6) is 1.42. The average molecular weight is 323 g/mol. The molecule has 2 nitrogen and oxygen atoms in total. The van der Waals surface area contributed by atoms with E-state index in [0.717, 1.165) is 12.2 Å². The van der Waals surface area contributed by atoms with Crippen molar-refractivity contribution in [3.63, 3.8) is 0 Å². The van der Waals surface area contributed by atoms with Crippen LogP contribution in [-0.4, -0.2) is 5.16 Å². The summed E-state index contributed by atoms with van der Waals surface area (Å²) in [4.78, 5) is 0. The largest absolute Gasteiger partial charge is 0.357 e. The summed E-state index contributed by atoms with van der Waals surface area (Å²) in [6.07, 6.45) is 4.81. The Hall–Kier alpha value is -1.83. The highest BCUT2D eigenvalue weighted by Gasteiger charge is 2.48. The van der Waals surface area contributed by atoms with Crippen LogP contribution in [0.3, 0.4) is 0 Å². The molecule has 0 aliphatic heterocycles. The Morgan fingerprint density at radius 2 is 1.79 bits per heavy atom. The molecule has 3 rings (SSSR count). The lowest BCUT2D eigenvalue weighted by atomic mass is 9.71. The Morgan fingerprint density at radius 1 is 1.17 bits per heavy atom. The summed E-state index contributed by atoms with van der Waals surface area (Å²) < 4.78 is 5.26. The predicted octanol–water partition coefficient (Wildman–Crippen LogP) is 6.00. The molecular formula is C22H29NO. The van der Waals surface area contributed by atoms with Gasteiger partial charge in [0.25, 0.3) is 0 Å². The van der Waals surface area contributed by atoms with Gasteiger partial charge in [-0.3, -0.25) is 0 Å². The first-order valence-corrected chi connectivity index (χ1v) is 8.96. The number of allylic oxidation sites excluding steroid dienone is 1. The summed E-state index contributed by atoms with van der Waals surface area (Å²) in [6.45, 7) is 16.3. The second-order valence-electron chi connectivity index (χ2n) is 8.32. The molecule has 0 radical (unpaired) electrons. The van der Waals surface area contributed by atoms with Gasteiger partial charge in [0.1, 0.15) is 0 Å². The van der Waals surface area contributed by atoms with Gasteiger partial charge in [0.15, 0.2) is 5.76 Å². The van der Waals surface area contributed by atoms with Crippen LogP contribution in [0.2, 0.25) is 0 Å². The van der Waals surface area contributed by atoms with Gasteiger partial charge in [0.05, 0.1) is 6.20 Å². The van der Waals surface area contributed by atoms with Crippen molar-refractivity contribution in [2.75, 3.05) is 0 Å². The minimum Gasteiger partial charge on any atom is -0.357 e. The van der Waals surface area contributed by atoms with Crippen LogP contribution in [0, 0.1) is 5.92 Å². The highest BCUT2D eigenvalue weighted by atomic mass is 16.5. The van der Waals surface area contributed by atoms with Gasteiger partial charge in [-0.1, -0.05) is 58.8 Å². The van der Waals surface area contributed by atoms with Crippen LogP contribution in [0.4, 0.5) is 0 Å². The fourth-order valence-corrected chi connectivity index (χ4v) is 4.33. The quantitative estimate of drug-likeness (QED) is 0.692. The van der Waals surface area contributed by atoms with E-state index in [1.54, 1.807) is 6.20 Å². The van der Waals surface area contributed by atoms with E-state index >= 15 is 0 Å². The minimum absolute atomic E-state index is 0.187. The van der Waals surface area contributed by atoms with Crippen molar-refractivity contribution in [1.82, 2.24) is 5.16 Å². The fourth-order valence-electron chi connectivity index (χ4n) is 4.33. The van der Waals surface area contributed by atoms with E-state index in [2.05, 4.69) is 71.8 Å². The lowest BCUT2D eigenvalue weighted by Gasteiger charge is -2.32. The molecule has 0 N–H and O–H groups in total. The smallest absolute Gasteiger partial charge is 0.159 e. The average Bonchev–Trinajstić information content (AvgIpc) is 3.08. The summed E-state index contributed by atoms with van der Waals surface area (Å²) in [6, 6.07) is 6.78. The Kier molecular flexibility index (Phi) is 3.98. The zero-order chi connectivity index (χ0) is 17.7. The maximum atomic E-state index is 5.26. The number of hydrogen-bond donors (Lipinski definition) is 0. The Balaban J connectivity index is 2.19. The maximum Gasteiger partial charge on any atom is 0.159 e. The number of hydrogen-bond acceptors (Lipinski definition) is 2. The van der Waals surface area contributed by atoms with Crippen molar-refractivity contribution in [3.05, 3.63) is 52.4 Å². The molecule has 1 unspecified atom stereocenters. The Morgan fingerprint density at radius 3 is 2.33 bits per heavy atom. The second kappa shape index (κ2) is 5.61. The summed E-state index contributed by atoms with van der Waals surface area (Å²) in [5, 5.41) is 3.80.